The van der Waals surface area contributed by atoms with Gasteiger partial charge in [0.15, 0.2) is 0 Å². The summed E-state index contributed by atoms with van der Waals surface area (Å²) in [5, 5.41) is 0. The molecular weight excluding hydrogens is 559 g/mol. The second-order valence-electron chi connectivity index (χ2n) is 11.1. The van der Waals surface area contributed by atoms with E-state index in [0.29, 0.717) is 32.4 Å². The van der Waals surface area contributed by atoms with Gasteiger partial charge in [0, 0.05) is 13.1 Å². The van der Waals surface area contributed by atoms with Gasteiger partial charge in [0.1, 0.15) is 0 Å². The van der Waals surface area contributed by atoms with Crippen molar-refractivity contribution in [2.24, 2.45) is 5.73 Å². The van der Waals surface area contributed by atoms with Crippen LogP contribution in [0.5, 0.6) is 0 Å². The minimum absolute atomic E-state index is 0.166. The summed E-state index contributed by atoms with van der Waals surface area (Å²) in [5.74, 6) is 0. The molecule has 1 aliphatic heterocycles. The van der Waals surface area contributed by atoms with Crippen molar-refractivity contribution in [2.75, 3.05) is 26.3 Å². The second kappa shape index (κ2) is 28.7. The van der Waals surface area contributed by atoms with Gasteiger partial charge in [0.25, 0.3) is 0 Å². The number of amides is 1. The van der Waals surface area contributed by atoms with E-state index in [1.807, 2.05) is 12.2 Å². The van der Waals surface area contributed by atoms with Crippen LogP contribution in [0, 0.1) is 0 Å². The summed E-state index contributed by atoms with van der Waals surface area (Å²) in [5.41, 5.74) is 19.7. The van der Waals surface area contributed by atoms with E-state index in [0.717, 1.165) is 51.5 Å². The van der Waals surface area contributed by atoms with Crippen molar-refractivity contribution < 1.29 is 28.0 Å². The highest BCUT2D eigenvalue weighted by atomic mass is 31.2. The molecule has 0 aromatic rings. The van der Waals surface area contributed by atoms with Gasteiger partial charge in [-0.1, -0.05) is 115 Å². The van der Waals surface area contributed by atoms with Crippen molar-refractivity contribution >= 4 is 13.9 Å². The van der Waals surface area contributed by atoms with Gasteiger partial charge in [-0.15, -0.1) is 0 Å². The summed E-state index contributed by atoms with van der Waals surface area (Å²) in [4.78, 5) is 20.9. The van der Waals surface area contributed by atoms with E-state index in [1.54, 1.807) is 0 Å². The highest BCUT2D eigenvalue weighted by Crippen LogP contribution is 2.46. The highest BCUT2D eigenvalue weighted by molar-refractivity contribution is 7.47. The number of unbranched alkanes of at least 4 members (excludes halogenated alkanes) is 4. The number of primary amides is 1. The molecule has 1 amide bonds. The molecule has 0 saturated carbocycles. The second-order valence-corrected chi connectivity index (χ2v) is 12.5. The van der Waals surface area contributed by atoms with Gasteiger partial charge in [-0.05, 0) is 32.1 Å². The van der Waals surface area contributed by atoms with Crippen LogP contribution in [0.4, 0.5) is 4.79 Å². The van der Waals surface area contributed by atoms with E-state index in [9.17, 15) is 14.3 Å². The molecule has 12 nitrogen and oxygen atoms in total. The number of nitrogens with two attached hydrogens (primary N) is 1. The van der Waals surface area contributed by atoms with E-state index in [-0.39, 0.29) is 12.7 Å². The Labute approximate surface area is 254 Å². The molecule has 0 fully saturated rings. The van der Waals surface area contributed by atoms with E-state index in [4.69, 9.17) is 19.5 Å². The van der Waals surface area contributed by atoms with E-state index < -0.39 is 13.9 Å². The third-order valence-corrected chi connectivity index (χ3v) is 8.31. The molecule has 0 radical (unpaired) electrons. The normalized spacial score (nSPS) is 22.9. The topological polar surface area (TPSA) is 168 Å². The molecular formula is C29H61N6O6P. The van der Waals surface area contributed by atoms with Crippen LogP contribution in [0.1, 0.15) is 135 Å². The molecule has 0 aliphatic carbocycles. The maximum absolute atomic E-state index is 12.6. The fourth-order valence-corrected chi connectivity index (χ4v) is 5.84. The Kier molecular flexibility index (Phi) is 26.6. The Morgan fingerprint density at radius 1 is 0.738 bits per heavy atom. The maximum Gasteiger partial charge on any atom is 0.472 e. The van der Waals surface area contributed by atoms with E-state index >= 15 is 0 Å². The molecule has 1 rings (SSSR count). The quantitative estimate of drug-likeness (QED) is 0.0827. The molecule has 1 heterocycles. The summed E-state index contributed by atoms with van der Waals surface area (Å²) in [6.45, 7) is 1.96. The summed E-state index contributed by atoms with van der Waals surface area (Å²) < 4.78 is 28.2. The molecule has 1 aliphatic rings. The lowest BCUT2D eigenvalue weighted by atomic mass is 10.0. The number of nitrogens with one attached hydrogen (secondary N) is 5. The van der Waals surface area contributed by atoms with Crippen molar-refractivity contribution in [3.8, 4) is 0 Å². The van der Waals surface area contributed by atoms with Gasteiger partial charge < -0.3 is 15.4 Å². The molecule has 8 N–H and O–H groups in total. The maximum atomic E-state index is 12.6. The lowest BCUT2D eigenvalue weighted by molar-refractivity contribution is 0.0977. The number of hydrogen-bond acceptors (Lipinski definition) is 10. The molecule has 2 unspecified atom stereocenters. The summed E-state index contributed by atoms with van der Waals surface area (Å²) in [6, 6.07) is 0. The first-order chi connectivity index (χ1) is 20.5. The zero-order valence-corrected chi connectivity index (χ0v) is 26.8. The first-order valence-electron chi connectivity index (χ1n) is 16.4. The molecule has 42 heavy (non-hydrogen) atoms. The Morgan fingerprint density at radius 2 is 1.29 bits per heavy atom. The van der Waals surface area contributed by atoms with Crippen molar-refractivity contribution in [3.05, 3.63) is 12.2 Å². The predicted octanol–water partition coefficient (Wildman–Crippen LogP) is 5.95. The van der Waals surface area contributed by atoms with Crippen LogP contribution >= 0.6 is 7.82 Å². The van der Waals surface area contributed by atoms with Crippen molar-refractivity contribution in [3.63, 3.8) is 0 Å². The van der Waals surface area contributed by atoms with Gasteiger partial charge in [-0.2, -0.15) is 16.6 Å². The monoisotopic (exact) mass is 620 g/mol. The minimum atomic E-state index is -4.14. The summed E-state index contributed by atoms with van der Waals surface area (Å²) >= 11 is 0. The number of carbonyl (C=O) groups excluding carboxylic acids is 1. The van der Waals surface area contributed by atoms with Crippen LogP contribution in [-0.4, -0.2) is 43.4 Å². The summed E-state index contributed by atoms with van der Waals surface area (Å²) in [6.07, 6.45) is 25.7. The highest BCUT2D eigenvalue weighted by Gasteiger charge is 2.25. The van der Waals surface area contributed by atoms with Crippen LogP contribution in [0.2, 0.25) is 0 Å². The number of rotatable bonds is 11. The SMILES string of the molecule is NC(=O)OCCCCCCCOP(=O)(O)OC1C/C=C/CNNNNNCCCCCCCCCCCCCCCC1. The fourth-order valence-electron chi connectivity index (χ4n) is 4.85. The number of phosphoric acid groups is 1. The average molecular weight is 621 g/mol. The number of hydrogen-bond donors (Lipinski definition) is 7. The average Bonchev–Trinajstić information content (AvgIpc) is 2.95. The Morgan fingerprint density at radius 3 is 1.93 bits per heavy atom. The zero-order valence-electron chi connectivity index (χ0n) is 25.9. The van der Waals surface area contributed by atoms with Gasteiger partial charge in [0.2, 0.25) is 0 Å². The largest absolute Gasteiger partial charge is 0.472 e. The third-order valence-electron chi connectivity index (χ3n) is 7.23. The first kappa shape index (κ1) is 38.9. The number of carbonyl (C=O) groups is 1. The molecule has 0 aromatic carbocycles. The van der Waals surface area contributed by atoms with Gasteiger partial charge >= 0.3 is 13.9 Å². The fraction of sp³-hybridized carbons (Fsp3) is 0.897. The van der Waals surface area contributed by atoms with Crippen molar-refractivity contribution in [1.82, 2.24) is 27.5 Å². The van der Waals surface area contributed by atoms with E-state index in [1.165, 1.54) is 70.6 Å². The summed E-state index contributed by atoms with van der Waals surface area (Å²) in [7, 11) is -4.14. The molecule has 0 saturated heterocycles. The lowest BCUT2D eigenvalue weighted by Crippen LogP contribution is -2.55. The molecule has 0 spiro atoms. The van der Waals surface area contributed by atoms with Gasteiger partial charge in [-0.25, -0.2) is 20.2 Å². The van der Waals surface area contributed by atoms with Crippen LogP contribution in [0.3, 0.4) is 0 Å². The van der Waals surface area contributed by atoms with Crippen LogP contribution in [0.25, 0.3) is 0 Å². The number of phosphoric ester groups is 1. The molecule has 2 atom stereocenters. The van der Waals surface area contributed by atoms with Crippen LogP contribution < -0.4 is 33.2 Å². The van der Waals surface area contributed by atoms with Gasteiger partial charge in [-0.3, -0.25) is 9.05 Å². The standard InChI is InChI=1S/C29H61N6O6P/c30-29(36)39-26-20-14-11-15-21-27-40-42(37,38)41-28-22-16-12-9-7-5-3-1-2-4-6-8-10-13-18-24-31-33-35-34-32-25-19-17-23-28/h17,19,28,31-35H,1-16,18,20-27H2,(H2,30,36)(H,37,38)/b19-17+. The Hall–Kier alpha value is -1.08. The lowest BCUT2D eigenvalue weighted by Gasteiger charge is -2.20. The first-order valence-corrected chi connectivity index (χ1v) is 17.9. The Balaban J connectivity index is 2.38. The smallest absolute Gasteiger partial charge is 0.450 e. The Bertz CT molecular complexity index is 706. The van der Waals surface area contributed by atoms with Crippen molar-refractivity contribution in [2.45, 2.75) is 141 Å². The predicted molar refractivity (Wildman–Crippen MR) is 168 cm³/mol. The molecule has 13 heteroatoms. The molecule has 0 bridgehead atoms. The van der Waals surface area contributed by atoms with Gasteiger partial charge in [0.05, 0.1) is 19.3 Å². The van der Waals surface area contributed by atoms with E-state index in [2.05, 4.69) is 27.5 Å². The number of hydrazine groups is 4. The van der Waals surface area contributed by atoms with Crippen LogP contribution in [-0.2, 0) is 18.3 Å². The number of ether oxygens (including phenoxy) is 1. The van der Waals surface area contributed by atoms with Crippen LogP contribution in [0.15, 0.2) is 12.2 Å². The minimum Gasteiger partial charge on any atom is -0.450 e. The zero-order chi connectivity index (χ0) is 30.4. The van der Waals surface area contributed by atoms with Crippen molar-refractivity contribution in [1.29, 1.82) is 0 Å². The molecule has 0 aromatic heterocycles. The molecule has 248 valence electrons. The third kappa shape index (κ3) is 27.7.